The Balaban J connectivity index is 1.69. The van der Waals surface area contributed by atoms with Gasteiger partial charge in [-0.05, 0) is 38.1 Å². The number of aryl methyl sites for hydroxylation is 1. The highest BCUT2D eigenvalue weighted by atomic mass is 19.1. The van der Waals surface area contributed by atoms with Crippen LogP contribution in [-0.4, -0.2) is 25.3 Å². The zero-order valence-corrected chi connectivity index (χ0v) is 15.4. The fraction of sp³-hybridized carbons (Fsp3) is 0.143. The Morgan fingerprint density at radius 2 is 1.89 bits per heavy atom. The van der Waals surface area contributed by atoms with Gasteiger partial charge in [0, 0.05) is 17.5 Å². The highest BCUT2D eigenvalue weighted by molar-refractivity contribution is 5.98. The molecule has 1 N–H and O–H groups in total. The van der Waals surface area contributed by atoms with E-state index >= 15 is 0 Å². The number of amides is 1. The Bertz CT molecular complexity index is 1160. The molecule has 0 aliphatic heterocycles. The van der Waals surface area contributed by atoms with Gasteiger partial charge in [0.2, 0.25) is 0 Å². The quantitative estimate of drug-likeness (QED) is 0.590. The Morgan fingerprint density at radius 3 is 2.64 bits per heavy atom. The van der Waals surface area contributed by atoms with Crippen LogP contribution in [0.5, 0.6) is 0 Å². The van der Waals surface area contributed by atoms with Crippen LogP contribution in [0.2, 0.25) is 0 Å². The highest BCUT2D eigenvalue weighted by Gasteiger charge is 2.20. The van der Waals surface area contributed by atoms with E-state index in [1.54, 1.807) is 42.0 Å². The Morgan fingerprint density at radius 1 is 1.11 bits per heavy atom. The number of nitrogens with one attached hydrogen (secondary N) is 1. The van der Waals surface area contributed by atoms with Crippen molar-refractivity contribution in [2.75, 3.05) is 0 Å². The number of hydrogen-bond acceptors (Lipinski definition) is 4. The molecule has 6 nitrogen and oxygen atoms in total. The monoisotopic (exact) mass is 375 g/mol. The van der Waals surface area contributed by atoms with Crippen LogP contribution in [0.15, 0.2) is 61.1 Å². The van der Waals surface area contributed by atoms with Gasteiger partial charge in [-0.3, -0.25) is 14.2 Å². The molecular weight excluding hydrogens is 357 g/mol. The number of fused-ring (bicyclic) bond motifs is 1. The van der Waals surface area contributed by atoms with Gasteiger partial charge in [-0.25, -0.2) is 14.4 Å². The molecule has 1 unspecified atom stereocenters. The predicted molar refractivity (Wildman–Crippen MR) is 103 cm³/mol. The molecule has 3 heterocycles. The van der Waals surface area contributed by atoms with Crippen LogP contribution in [0.25, 0.3) is 17.0 Å². The molecule has 4 rings (SSSR count). The van der Waals surface area contributed by atoms with Gasteiger partial charge in [0.15, 0.2) is 11.3 Å². The van der Waals surface area contributed by atoms with E-state index in [1.165, 1.54) is 6.07 Å². The van der Waals surface area contributed by atoms with E-state index in [-0.39, 0.29) is 11.5 Å². The van der Waals surface area contributed by atoms with E-state index in [1.807, 2.05) is 31.2 Å². The first-order valence-corrected chi connectivity index (χ1v) is 8.86. The summed E-state index contributed by atoms with van der Waals surface area (Å²) in [4.78, 5) is 26.0. The highest BCUT2D eigenvalue weighted by Crippen LogP contribution is 2.20. The third kappa shape index (κ3) is 3.22. The number of imidazole rings is 1. The zero-order chi connectivity index (χ0) is 19.7. The lowest BCUT2D eigenvalue weighted by molar-refractivity contribution is 0.0936. The second-order valence-corrected chi connectivity index (χ2v) is 6.50. The Kier molecular flexibility index (Phi) is 4.57. The van der Waals surface area contributed by atoms with Crippen molar-refractivity contribution in [3.63, 3.8) is 0 Å². The molecule has 0 radical (unpaired) electrons. The van der Waals surface area contributed by atoms with Crippen LogP contribution in [0.4, 0.5) is 4.39 Å². The molecule has 3 aromatic heterocycles. The fourth-order valence-electron chi connectivity index (χ4n) is 3.10. The summed E-state index contributed by atoms with van der Waals surface area (Å²) in [6, 6.07) is 13.3. The lowest BCUT2D eigenvalue weighted by Crippen LogP contribution is -2.27. The van der Waals surface area contributed by atoms with Crippen molar-refractivity contribution >= 4 is 11.6 Å². The minimum atomic E-state index is -0.509. The van der Waals surface area contributed by atoms with Crippen molar-refractivity contribution in [1.82, 2.24) is 24.7 Å². The summed E-state index contributed by atoms with van der Waals surface area (Å²) in [6.07, 6.45) is 3.25. The summed E-state index contributed by atoms with van der Waals surface area (Å²) in [5.41, 5.74) is 3.27. The number of halogens is 1. The molecule has 0 fully saturated rings. The van der Waals surface area contributed by atoms with Crippen LogP contribution in [0.1, 0.15) is 34.7 Å². The third-order valence-corrected chi connectivity index (χ3v) is 4.56. The first kappa shape index (κ1) is 17.8. The average Bonchev–Trinajstić information content (AvgIpc) is 3.13. The van der Waals surface area contributed by atoms with E-state index in [9.17, 15) is 9.18 Å². The number of rotatable bonds is 4. The van der Waals surface area contributed by atoms with Crippen LogP contribution < -0.4 is 5.32 Å². The molecule has 0 aliphatic rings. The van der Waals surface area contributed by atoms with Crippen molar-refractivity contribution in [2.45, 2.75) is 19.9 Å². The minimum Gasteiger partial charge on any atom is -0.344 e. The number of carbonyl (C=O) groups excluding carboxylic acids is 1. The third-order valence-electron chi connectivity index (χ3n) is 4.56. The van der Waals surface area contributed by atoms with Crippen molar-refractivity contribution in [3.05, 3.63) is 83.8 Å². The summed E-state index contributed by atoms with van der Waals surface area (Å²) >= 11 is 0. The predicted octanol–water partition coefficient (Wildman–Crippen LogP) is 3.73. The zero-order valence-electron chi connectivity index (χ0n) is 15.4. The molecule has 0 aliphatic carbocycles. The normalized spacial score (nSPS) is 12.1. The summed E-state index contributed by atoms with van der Waals surface area (Å²) in [6.45, 7) is 3.64. The molecule has 1 aromatic carbocycles. The van der Waals surface area contributed by atoms with E-state index in [0.717, 1.165) is 5.69 Å². The molecule has 0 saturated heterocycles. The van der Waals surface area contributed by atoms with Gasteiger partial charge >= 0.3 is 0 Å². The van der Waals surface area contributed by atoms with E-state index in [4.69, 9.17) is 0 Å². The van der Waals surface area contributed by atoms with Gasteiger partial charge in [-0.2, -0.15) is 0 Å². The SMILES string of the molecule is Cc1cc(-c2ccccn2)nc2c(C(=O)NC(C)c3ccccc3F)ncn12. The van der Waals surface area contributed by atoms with Crippen molar-refractivity contribution < 1.29 is 9.18 Å². The first-order chi connectivity index (χ1) is 13.5. The molecule has 1 amide bonds. The summed E-state index contributed by atoms with van der Waals surface area (Å²) < 4.78 is 15.7. The van der Waals surface area contributed by atoms with Gasteiger partial charge in [0.05, 0.1) is 17.4 Å². The van der Waals surface area contributed by atoms with E-state index in [2.05, 4.69) is 20.3 Å². The van der Waals surface area contributed by atoms with Crippen molar-refractivity contribution in [1.29, 1.82) is 0 Å². The smallest absolute Gasteiger partial charge is 0.274 e. The second kappa shape index (κ2) is 7.19. The molecule has 1 atom stereocenters. The summed E-state index contributed by atoms with van der Waals surface area (Å²) in [5.74, 6) is -0.778. The number of carbonyl (C=O) groups is 1. The number of pyridine rings is 1. The van der Waals surface area contributed by atoms with Gasteiger partial charge in [-0.1, -0.05) is 24.3 Å². The van der Waals surface area contributed by atoms with Crippen LogP contribution >= 0.6 is 0 Å². The van der Waals surface area contributed by atoms with Gasteiger partial charge in [-0.15, -0.1) is 0 Å². The molecule has 4 aromatic rings. The van der Waals surface area contributed by atoms with Gasteiger partial charge < -0.3 is 5.32 Å². The molecule has 140 valence electrons. The van der Waals surface area contributed by atoms with E-state index in [0.29, 0.717) is 22.6 Å². The fourth-order valence-corrected chi connectivity index (χ4v) is 3.10. The Hall–Kier alpha value is -3.61. The molecule has 7 heteroatoms. The number of hydrogen-bond donors (Lipinski definition) is 1. The van der Waals surface area contributed by atoms with Crippen LogP contribution in [0.3, 0.4) is 0 Å². The standard InChI is InChI=1S/C21H18FN5O/c1-13-11-18(17-9-5-6-10-23-17)26-20-19(24-12-27(13)20)21(28)25-14(2)15-7-3-4-8-16(15)22/h3-12,14H,1-2H3,(H,25,28). The maximum atomic E-state index is 14.0. The summed E-state index contributed by atoms with van der Waals surface area (Å²) in [5, 5.41) is 2.80. The Labute approximate surface area is 161 Å². The lowest BCUT2D eigenvalue weighted by atomic mass is 10.1. The molecule has 0 spiro atoms. The number of aromatic nitrogens is 4. The topological polar surface area (TPSA) is 72.2 Å². The summed E-state index contributed by atoms with van der Waals surface area (Å²) in [7, 11) is 0. The van der Waals surface area contributed by atoms with Gasteiger partial charge in [0.25, 0.3) is 5.91 Å². The average molecular weight is 375 g/mol. The van der Waals surface area contributed by atoms with Crippen LogP contribution in [0, 0.1) is 12.7 Å². The van der Waals surface area contributed by atoms with Crippen LogP contribution in [-0.2, 0) is 0 Å². The number of benzene rings is 1. The first-order valence-electron chi connectivity index (χ1n) is 8.86. The lowest BCUT2D eigenvalue weighted by Gasteiger charge is -2.14. The van der Waals surface area contributed by atoms with Crippen molar-refractivity contribution in [2.24, 2.45) is 0 Å². The second-order valence-electron chi connectivity index (χ2n) is 6.50. The van der Waals surface area contributed by atoms with Gasteiger partial charge in [0.1, 0.15) is 12.1 Å². The molecule has 0 saturated carbocycles. The minimum absolute atomic E-state index is 0.184. The molecule has 0 bridgehead atoms. The number of nitrogens with zero attached hydrogens (tertiary/aromatic N) is 4. The maximum Gasteiger partial charge on any atom is 0.274 e. The maximum absolute atomic E-state index is 14.0. The molecule has 28 heavy (non-hydrogen) atoms. The van der Waals surface area contributed by atoms with E-state index < -0.39 is 11.9 Å². The van der Waals surface area contributed by atoms with Crippen molar-refractivity contribution in [3.8, 4) is 11.4 Å². The molecular formula is C21H18FN5O. The largest absolute Gasteiger partial charge is 0.344 e.